The van der Waals surface area contributed by atoms with Gasteiger partial charge in [-0.15, -0.1) is 0 Å². The Labute approximate surface area is 112 Å². The van der Waals surface area contributed by atoms with Gasteiger partial charge in [-0.05, 0) is 49.4 Å². The second-order valence-electron chi connectivity index (χ2n) is 5.17. The Kier molecular flexibility index (Phi) is 3.59. The van der Waals surface area contributed by atoms with E-state index in [4.69, 9.17) is 5.73 Å². The quantitative estimate of drug-likeness (QED) is 0.791. The monoisotopic (exact) mass is 261 g/mol. The molecule has 2 aromatic rings. The van der Waals surface area contributed by atoms with Crippen molar-refractivity contribution >= 4 is 21.6 Å². The van der Waals surface area contributed by atoms with Crippen molar-refractivity contribution < 1.29 is 0 Å². The Bertz CT molecular complexity index is 472. The second kappa shape index (κ2) is 5.34. The Morgan fingerprint density at radius 3 is 2.56 bits per heavy atom. The van der Waals surface area contributed by atoms with Crippen molar-refractivity contribution in [2.75, 3.05) is 19.6 Å². The lowest BCUT2D eigenvalue weighted by Crippen LogP contribution is -2.54. The molecule has 3 saturated heterocycles. The summed E-state index contributed by atoms with van der Waals surface area (Å²) in [4.78, 5) is 2.48. The van der Waals surface area contributed by atoms with Crippen LogP contribution in [0.15, 0.2) is 30.5 Å². The molecule has 3 nitrogen and oxygen atoms in total. The Hall–Kier alpha value is -0.970. The molecule has 2 N–H and O–H groups in total. The van der Waals surface area contributed by atoms with E-state index in [9.17, 15) is 0 Å². The number of hydrogen-bond acceptors (Lipinski definition) is 4. The highest BCUT2D eigenvalue weighted by Gasteiger charge is 2.31. The number of piperidine rings is 3. The first-order chi connectivity index (χ1) is 8.83. The number of nitrogens with two attached hydrogens (primary N) is 1. The van der Waals surface area contributed by atoms with Crippen molar-refractivity contribution in [3.8, 4) is 0 Å². The predicted octanol–water partition coefficient (Wildman–Crippen LogP) is 2.34. The van der Waals surface area contributed by atoms with Gasteiger partial charge in [0.15, 0.2) is 0 Å². The molecule has 1 atom stereocenters. The molecule has 5 rings (SSSR count). The molecule has 1 aromatic heterocycles. The highest BCUT2D eigenvalue weighted by atomic mass is 32.1. The standard InChI is InChI=1S/C7H14N2.C7H5NS/c8-7-5-9-3-1-6(7)2-4-9;1-2-4-7-6(3-1)5-8-9-7/h6-7H,1-5,8H2;1-5H. The fourth-order valence-corrected chi connectivity index (χ4v) is 3.47. The zero-order valence-electron chi connectivity index (χ0n) is 10.5. The van der Waals surface area contributed by atoms with Gasteiger partial charge in [-0.25, -0.2) is 0 Å². The van der Waals surface area contributed by atoms with Crippen LogP contribution < -0.4 is 5.73 Å². The van der Waals surface area contributed by atoms with Crippen LogP contribution in [-0.4, -0.2) is 34.9 Å². The molecule has 18 heavy (non-hydrogen) atoms. The molecule has 4 heterocycles. The lowest BCUT2D eigenvalue weighted by atomic mass is 9.85. The molecule has 0 amide bonds. The van der Waals surface area contributed by atoms with Crippen LogP contribution in [-0.2, 0) is 0 Å². The van der Waals surface area contributed by atoms with Gasteiger partial charge in [-0.1, -0.05) is 18.2 Å². The van der Waals surface area contributed by atoms with Gasteiger partial charge in [0, 0.05) is 24.2 Å². The summed E-state index contributed by atoms with van der Waals surface area (Å²) in [5.41, 5.74) is 5.88. The third kappa shape index (κ3) is 2.55. The second-order valence-corrected chi connectivity index (χ2v) is 6.00. The third-order valence-electron chi connectivity index (χ3n) is 3.97. The van der Waals surface area contributed by atoms with E-state index in [0.29, 0.717) is 6.04 Å². The predicted molar refractivity (Wildman–Crippen MR) is 76.8 cm³/mol. The largest absolute Gasteiger partial charge is 0.326 e. The smallest absolute Gasteiger partial charge is 0.0549 e. The van der Waals surface area contributed by atoms with Gasteiger partial charge < -0.3 is 10.6 Å². The van der Waals surface area contributed by atoms with Gasteiger partial charge in [-0.2, -0.15) is 4.37 Å². The van der Waals surface area contributed by atoms with E-state index in [0.717, 1.165) is 12.5 Å². The van der Waals surface area contributed by atoms with Crippen LogP contribution in [0.2, 0.25) is 0 Å². The van der Waals surface area contributed by atoms with Gasteiger partial charge in [0.25, 0.3) is 0 Å². The molecule has 0 radical (unpaired) electrons. The summed E-state index contributed by atoms with van der Waals surface area (Å²) in [5.74, 6) is 0.856. The zero-order chi connectivity index (χ0) is 12.4. The third-order valence-corrected chi connectivity index (χ3v) is 4.75. The van der Waals surface area contributed by atoms with Crippen molar-refractivity contribution in [3.63, 3.8) is 0 Å². The molecule has 3 aliphatic heterocycles. The first-order valence-electron chi connectivity index (χ1n) is 6.60. The normalized spacial score (nSPS) is 29.9. The number of hydrogen-bond donors (Lipinski definition) is 1. The number of rotatable bonds is 0. The topological polar surface area (TPSA) is 42.1 Å². The lowest BCUT2D eigenvalue weighted by molar-refractivity contribution is 0.0896. The maximum Gasteiger partial charge on any atom is 0.0549 e. The van der Waals surface area contributed by atoms with E-state index in [1.165, 1.54) is 47.5 Å². The molecule has 0 spiro atoms. The number of aromatic nitrogens is 1. The number of benzene rings is 1. The van der Waals surface area contributed by atoms with Crippen LogP contribution in [0.1, 0.15) is 12.8 Å². The summed E-state index contributed by atoms with van der Waals surface area (Å²) in [6, 6.07) is 8.69. The van der Waals surface area contributed by atoms with Crippen molar-refractivity contribution in [1.82, 2.24) is 9.27 Å². The summed E-state index contributed by atoms with van der Waals surface area (Å²) in [6.45, 7) is 3.77. The van der Waals surface area contributed by atoms with E-state index >= 15 is 0 Å². The fraction of sp³-hybridized carbons (Fsp3) is 0.500. The van der Waals surface area contributed by atoms with Crippen LogP contribution >= 0.6 is 11.5 Å². The van der Waals surface area contributed by atoms with Gasteiger partial charge in [-0.3, -0.25) is 0 Å². The Balaban J connectivity index is 0.000000111. The molecule has 0 aliphatic carbocycles. The highest BCUT2D eigenvalue weighted by Crippen LogP contribution is 2.25. The molecule has 2 bridgehead atoms. The molecular weight excluding hydrogens is 242 g/mol. The van der Waals surface area contributed by atoms with Crippen LogP contribution in [0, 0.1) is 5.92 Å². The summed E-state index contributed by atoms with van der Waals surface area (Å²) in [5, 5.41) is 1.24. The molecular formula is C14H19N3S. The first kappa shape index (κ1) is 12.1. The van der Waals surface area contributed by atoms with Crippen molar-refractivity contribution in [1.29, 1.82) is 0 Å². The van der Waals surface area contributed by atoms with Crippen LogP contribution in [0.3, 0.4) is 0 Å². The average molecular weight is 261 g/mol. The van der Waals surface area contributed by atoms with Gasteiger partial charge >= 0.3 is 0 Å². The SMILES string of the molecule is NC1CN2CCC1CC2.c1ccc2sncc2c1. The molecule has 4 heteroatoms. The van der Waals surface area contributed by atoms with Crippen LogP contribution in [0.5, 0.6) is 0 Å². The minimum atomic E-state index is 0.493. The number of fused-ring (bicyclic) bond motifs is 4. The van der Waals surface area contributed by atoms with Gasteiger partial charge in [0.1, 0.15) is 0 Å². The molecule has 0 saturated carbocycles. The van der Waals surface area contributed by atoms with E-state index in [1.54, 1.807) is 0 Å². The lowest BCUT2D eigenvalue weighted by Gasteiger charge is -2.43. The average Bonchev–Trinajstić information content (AvgIpc) is 2.89. The summed E-state index contributed by atoms with van der Waals surface area (Å²) >= 11 is 1.54. The van der Waals surface area contributed by atoms with Crippen molar-refractivity contribution in [2.45, 2.75) is 18.9 Å². The maximum absolute atomic E-state index is 5.88. The van der Waals surface area contributed by atoms with E-state index in [2.05, 4.69) is 21.4 Å². The molecule has 96 valence electrons. The fourth-order valence-electron chi connectivity index (χ4n) is 2.82. The van der Waals surface area contributed by atoms with E-state index in [1.807, 2.05) is 18.3 Å². The van der Waals surface area contributed by atoms with Gasteiger partial charge in [0.2, 0.25) is 0 Å². The Morgan fingerprint density at radius 1 is 1.22 bits per heavy atom. The highest BCUT2D eigenvalue weighted by molar-refractivity contribution is 7.13. The molecule has 1 aromatic carbocycles. The summed E-state index contributed by atoms with van der Waals surface area (Å²) in [6.07, 6.45) is 4.59. The minimum Gasteiger partial charge on any atom is -0.326 e. The minimum absolute atomic E-state index is 0.493. The Morgan fingerprint density at radius 2 is 2.00 bits per heavy atom. The summed E-state index contributed by atoms with van der Waals surface area (Å²) < 4.78 is 5.30. The van der Waals surface area contributed by atoms with Crippen LogP contribution in [0.4, 0.5) is 0 Å². The zero-order valence-corrected chi connectivity index (χ0v) is 11.3. The maximum atomic E-state index is 5.88. The van der Waals surface area contributed by atoms with E-state index in [-0.39, 0.29) is 0 Å². The first-order valence-corrected chi connectivity index (χ1v) is 7.37. The van der Waals surface area contributed by atoms with E-state index < -0.39 is 0 Å². The van der Waals surface area contributed by atoms with Crippen molar-refractivity contribution in [2.24, 2.45) is 11.7 Å². The van der Waals surface area contributed by atoms with Gasteiger partial charge in [0.05, 0.1) is 4.70 Å². The molecule has 3 aliphatic rings. The number of nitrogens with zero attached hydrogens (tertiary/aromatic N) is 2. The molecule has 1 unspecified atom stereocenters. The molecule has 3 fully saturated rings. The van der Waals surface area contributed by atoms with Crippen molar-refractivity contribution in [3.05, 3.63) is 30.5 Å². The van der Waals surface area contributed by atoms with Crippen LogP contribution in [0.25, 0.3) is 10.1 Å². The summed E-state index contributed by atoms with van der Waals surface area (Å²) in [7, 11) is 0.